The van der Waals surface area contributed by atoms with Gasteiger partial charge in [-0.25, -0.2) is 64.6 Å². The maximum Gasteiger partial charge on any atom is 0.408 e. The number of hydrogen-bond acceptors (Lipinski definition) is 26. The number of carboxylic acid groups (broad SMARTS) is 2. The van der Waals surface area contributed by atoms with Crippen molar-refractivity contribution in [3.63, 3.8) is 0 Å². The first-order chi connectivity index (χ1) is 56.7. The third kappa shape index (κ3) is 38.2. The van der Waals surface area contributed by atoms with Crippen molar-refractivity contribution in [1.82, 2.24) is 30.7 Å². The molecule has 0 spiro atoms. The minimum Gasteiger partial charge on any atom is -0.480 e. The number of ether oxygens (including phenoxy) is 8. The van der Waals surface area contributed by atoms with Crippen molar-refractivity contribution >= 4 is 112 Å². The van der Waals surface area contributed by atoms with Crippen LogP contribution in [0.4, 0.5) is 19.2 Å². The van der Waals surface area contributed by atoms with E-state index in [0.29, 0.717) is 6.61 Å². The summed E-state index contributed by atoms with van der Waals surface area (Å²) in [4.78, 5) is 117. The van der Waals surface area contributed by atoms with Gasteiger partial charge in [-0.1, -0.05) is 134 Å². The predicted octanol–water partition coefficient (Wildman–Crippen LogP) is 10.6. The average molecular weight is 1860 g/mol. The van der Waals surface area contributed by atoms with Crippen molar-refractivity contribution in [1.29, 1.82) is 0 Å². The molecule has 121 heavy (non-hydrogen) atoms. The molecule has 12 N–H and O–H groups in total. The summed E-state index contributed by atoms with van der Waals surface area (Å²) < 4.78 is 94.7. The molecule has 6 aromatic carbocycles. The second-order valence-electron chi connectivity index (χ2n) is 29.0. The number of azide groups is 1. The van der Waals surface area contributed by atoms with E-state index in [4.69, 9.17) is 50.3 Å². The van der Waals surface area contributed by atoms with E-state index in [1.54, 1.807) is 86.6 Å². The first-order valence-corrected chi connectivity index (χ1v) is 41.9. The molecule has 0 radical (unpaired) electrons. The SMILES string of the molecule is CC(=O)OCC1c2ccccc2-c2ccccc21.COC(=O)[C@H](CCN=[N+]=[N-])NC(=O)OC(C)(C)C.COC(=O)[C@H](CCNS(=O)(=O)c1ccc(Br)cc1)NC(=O)OC(C)(C)C.COC(=O)[C@H](CCO)NC(=O)OC(C)(C)C.N[C@@H](CCO)C(=O)O.O=C(N[C@H](CCNS(=O)(=O)c1ccc(Br)cc1)C(=O)O)OCC1c2ccccc2-c2ccccc21. The van der Waals surface area contributed by atoms with Crippen LogP contribution in [0.15, 0.2) is 169 Å². The van der Waals surface area contributed by atoms with Crippen molar-refractivity contribution in [2.24, 2.45) is 10.8 Å². The highest BCUT2D eigenvalue weighted by molar-refractivity contribution is 9.10. The molecule has 40 heteroatoms. The van der Waals surface area contributed by atoms with Gasteiger partial charge in [-0.3, -0.25) is 9.59 Å². The van der Waals surface area contributed by atoms with Crippen LogP contribution in [0.2, 0.25) is 0 Å². The van der Waals surface area contributed by atoms with Gasteiger partial charge in [0.1, 0.15) is 60.2 Å². The van der Waals surface area contributed by atoms with Gasteiger partial charge in [-0.2, -0.15) is 0 Å². The molecular weight excluding hydrogens is 1750 g/mol. The van der Waals surface area contributed by atoms with Gasteiger partial charge in [0.25, 0.3) is 0 Å². The zero-order valence-electron chi connectivity index (χ0n) is 69.1. The van der Waals surface area contributed by atoms with E-state index in [1.165, 1.54) is 74.8 Å². The number of alkyl carbamates (subject to hydrolysis) is 4. The van der Waals surface area contributed by atoms with Gasteiger partial charge in [0.15, 0.2) is 0 Å². The summed E-state index contributed by atoms with van der Waals surface area (Å²) in [6, 6.07) is 39.5. The van der Waals surface area contributed by atoms with Crippen LogP contribution in [0.25, 0.3) is 32.7 Å². The number of nitrogens with zero attached hydrogens (tertiary/aromatic N) is 3. The number of amides is 4. The number of sulfonamides is 2. The topological polar surface area (TPSA) is 541 Å². The quantitative estimate of drug-likeness (QED) is 0.00656. The third-order valence-electron chi connectivity index (χ3n) is 16.3. The van der Waals surface area contributed by atoms with Crippen molar-refractivity contribution in [3.8, 4) is 22.3 Å². The van der Waals surface area contributed by atoms with Crippen LogP contribution in [0, 0.1) is 0 Å². The van der Waals surface area contributed by atoms with Gasteiger partial charge in [0.05, 0.1) is 31.1 Å². The molecule has 36 nitrogen and oxygen atoms in total. The molecule has 0 saturated carbocycles. The van der Waals surface area contributed by atoms with E-state index >= 15 is 0 Å². The Labute approximate surface area is 719 Å². The van der Waals surface area contributed by atoms with Crippen molar-refractivity contribution in [2.75, 3.05) is 67.4 Å². The number of benzene rings is 6. The van der Waals surface area contributed by atoms with E-state index in [2.05, 4.69) is 111 Å². The summed E-state index contributed by atoms with van der Waals surface area (Å²) in [6.45, 7) is 16.7. The Kier molecular flexibility index (Phi) is 44.1. The Balaban J connectivity index is 0.000000393. The molecule has 5 atom stereocenters. The van der Waals surface area contributed by atoms with Gasteiger partial charge in [0.2, 0.25) is 20.0 Å². The summed E-state index contributed by atoms with van der Waals surface area (Å²) in [5.41, 5.74) is 20.3. The third-order valence-corrected chi connectivity index (χ3v) is 20.3. The van der Waals surface area contributed by atoms with Crippen LogP contribution in [-0.2, 0) is 86.7 Å². The lowest BCUT2D eigenvalue weighted by Crippen LogP contribution is -2.45. The molecule has 4 amide bonds. The number of aliphatic carboxylic acids is 2. The molecule has 0 unspecified atom stereocenters. The standard InChI is InChI=1S/C25H23BrN2O6S.C16H23BrN2O6S.C16H14O2.C10H18N4O4.C10H19NO5.C4H9NO3/c26-16-9-11-17(12-10-16)35(32,33)27-14-13-23(24(29)30)28-25(31)34-15-22-20-7-3-1-5-18(20)19-6-2-4-8-21(19)22;1-16(2,3)25-15(21)19-13(14(20)24-4)9-10-18-26(22,23)12-7-5-11(17)6-8-12;1-11(17)18-10-16-14-8-4-2-6-12(14)13-7-3-5-9-15(13)16;1-10(2,3)18-9(16)13-7(8(15)17-4)5-6-12-14-11;1-10(2,3)16-9(14)11-7(5-6-12)8(13)15-4;5-3(1-2-6)4(7)8/h1-12,22-23,27H,13-15H2,(H,28,31)(H,29,30);5-8,13,18H,9-10H2,1-4H3,(H,19,21);2-9,16H,10H2,1H3;7H,5-6H2,1-4H3,(H,13,16);7,12H,5-6H2,1-4H3,(H,11,14);3,6H,1-2,5H2,(H,7,8)/t23-;13-;;2*7-;3-/m10.000/s1. The molecule has 2 aliphatic rings. The molecule has 8 rings (SSSR count). The molecule has 0 fully saturated rings. The fraction of sp³-hybridized carbons (Fsp3) is 0.432. The van der Waals surface area contributed by atoms with Crippen LogP contribution >= 0.6 is 31.9 Å². The zero-order chi connectivity index (χ0) is 91.0. The lowest BCUT2D eigenvalue weighted by Gasteiger charge is -2.22. The Morgan fingerprint density at radius 2 is 0.760 bits per heavy atom. The van der Waals surface area contributed by atoms with E-state index in [1.807, 2.05) is 72.8 Å². The summed E-state index contributed by atoms with van der Waals surface area (Å²) in [6.07, 6.45) is -2.90. The van der Waals surface area contributed by atoms with Crippen LogP contribution in [-0.4, -0.2) is 212 Å². The van der Waals surface area contributed by atoms with Crippen LogP contribution in [0.5, 0.6) is 0 Å². The molecule has 0 saturated heterocycles. The molecule has 6 aromatic rings. The fourth-order valence-electron chi connectivity index (χ4n) is 10.9. The molecule has 0 bridgehead atoms. The average Bonchev–Trinajstić information content (AvgIpc) is 1.62. The summed E-state index contributed by atoms with van der Waals surface area (Å²) >= 11 is 6.47. The van der Waals surface area contributed by atoms with Crippen LogP contribution in [0.1, 0.15) is 135 Å². The number of methoxy groups -OCH3 is 3. The number of aliphatic hydroxyl groups is 2. The maximum atomic E-state index is 12.4. The highest BCUT2D eigenvalue weighted by Crippen LogP contribution is 2.46. The fourth-order valence-corrected chi connectivity index (χ4v) is 13.5. The Hall–Kier alpha value is -10.8. The van der Waals surface area contributed by atoms with E-state index in [9.17, 15) is 69.9 Å². The van der Waals surface area contributed by atoms with Crippen molar-refractivity contribution in [2.45, 2.75) is 170 Å². The largest absolute Gasteiger partial charge is 0.480 e. The van der Waals surface area contributed by atoms with E-state index in [0.717, 1.165) is 31.2 Å². The summed E-state index contributed by atoms with van der Waals surface area (Å²) in [7, 11) is -3.94. The number of nitrogens with one attached hydrogen (secondary N) is 6. The number of nitrogens with two attached hydrogens (primary N) is 1. The Morgan fingerprint density at radius 1 is 0.455 bits per heavy atom. The Morgan fingerprint density at radius 3 is 1.05 bits per heavy atom. The lowest BCUT2D eigenvalue weighted by atomic mass is 9.98. The number of carbonyl (C=O) groups excluding carboxylic acids is 8. The molecule has 0 heterocycles. The number of esters is 4. The number of hydrogen-bond donors (Lipinski definition) is 11. The second-order valence-corrected chi connectivity index (χ2v) is 34.4. The predicted molar refractivity (Wildman–Crippen MR) is 451 cm³/mol. The highest BCUT2D eigenvalue weighted by atomic mass is 79.9. The van der Waals surface area contributed by atoms with Crippen molar-refractivity contribution < 1.29 is 123 Å². The molecule has 0 aliphatic heterocycles. The first-order valence-electron chi connectivity index (χ1n) is 37.3. The number of carbonyl (C=O) groups is 10. The maximum absolute atomic E-state index is 12.4. The molecule has 2 aliphatic carbocycles. The minimum absolute atomic E-state index is 0.00166. The smallest absolute Gasteiger partial charge is 0.408 e. The monoisotopic (exact) mass is 1860 g/mol. The number of carboxylic acids is 2. The number of fused-ring (bicyclic) bond motifs is 6. The van der Waals surface area contributed by atoms with Gasteiger partial charge in [0, 0.05) is 71.9 Å². The van der Waals surface area contributed by atoms with Crippen LogP contribution < -0.4 is 36.4 Å². The highest BCUT2D eigenvalue weighted by Gasteiger charge is 2.33. The number of rotatable bonds is 30. The van der Waals surface area contributed by atoms with E-state index < -0.39 is 121 Å². The van der Waals surface area contributed by atoms with E-state index in [-0.39, 0.29) is 99.2 Å². The molecule has 662 valence electrons. The summed E-state index contributed by atoms with van der Waals surface area (Å²) in [5, 5.41) is 47.1. The Bertz CT molecular complexity index is 4620. The second kappa shape index (κ2) is 51.1. The van der Waals surface area contributed by atoms with Gasteiger partial charge < -0.3 is 85.3 Å². The van der Waals surface area contributed by atoms with Crippen molar-refractivity contribution in [3.05, 3.63) is 187 Å². The molecule has 0 aromatic heterocycles. The minimum atomic E-state index is -3.81. The number of aliphatic hydroxyl groups excluding tert-OH is 2. The first kappa shape index (κ1) is 104. The summed E-state index contributed by atoms with van der Waals surface area (Å²) in [5.74, 6) is -4.50. The van der Waals surface area contributed by atoms with Crippen LogP contribution in [0.3, 0.4) is 0 Å². The number of halogens is 2. The lowest BCUT2D eigenvalue weighted by molar-refractivity contribution is -0.144. The van der Waals surface area contributed by atoms with Gasteiger partial charge >= 0.3 is 60.2 Å². The van der Waals surface area contributed by atoms with Gasteiger partial charge in [-0.15, -0.1) is 0 Å². The zero-order valence-corrected chi connectivity index (χ0v) is 73.9. The van der Waals surface area contributed by atoms with Gasteiger partial charge in [-0.05, 0) is 187 Å². The molecular formula is C81H106Br2N10O26S2. The normalized spacial score (nSPS) is 13.0.